The number of ether oxygens (including phenoxy) is 2. The van der Waals surface area contributed by atoms with Gasteiger partial charge in [-0.2, -0.15) is 5.10 Å². The number of carbonyl (C=O) groups excluding carboxylic acids is 2. The lowest BCUT2D eigenvalue weighted by Gasteiger charge is -2.40. The maximum Gasteiger partial charge on any atom is 0.409 e. The third kappa shape index (κ3) is 4.82. The minimum atomic E-state index is -0.772. The molecule has 0 saturated carbocycles. The Balaban J connectivity index is 1.45. The van der Waals surface area contributed by atoms with E-state index < -0.39 is 40.2 Å². The fourth-order valence-corrected chi connectivity index (χ4v) is 5.10. The lowest BCUT2D eigenvalue weighted by molar-refractivity contribution is 0.0475. The monoisotopic (exact) mass is 541 g/mol. The van der Waals surface area contributed by atoms with Crippen molar-refractivity contribution in [3.05, 3.63) is 63.6 Å². The quantitative estimate of drug-likeness (QED) is 0.493. The van der Waals surface area contributed by atoms with Gasteiger partial charge in [0.1, 0.15) is 23.8 Å². The Morgan fingerprint density at radius 1 is 1.26 bits per heavy atom. The Morgan fingerprint density at radius 2 is 2.03 bits per heavy atom. The smallest absolute Gasteiger partial charge is 0.409 e. The summed E-state index contributed by atoms with van der Waals surface area (Å²) in [5.41, 5.74) is -0.977. The van der Waals surface area contributed by atoms with E-state index in [0.717, 1.165) is 0 Å². The van der Waals surface area contributed by atoms with Crippen molar-refractivity contribution in [2.75, 3.05) is 33.4 Å². The molecule has 14 heteroatoms. The van der Waals surface area contributed by atoms with Crippen molar-refractivity contribution in [2.45, 2.75) is 38.3 Å². The van der Waals surface area contributed by atoms with Crippen molar-refractivity contribution in [3.63, 3.8) is 0 Å². The van der Waals surface area contributed by atoms with Crippen LogP contribution < -0.4 is 10.9 Å². The molecule has 2 aromatic heterocycles. The minimum Gasteiger partial charge on any atom is -0.501 e. The average molecular weight is 542 g/mol. The molecule has 2 N–H and O–H groups in total. The Morgan fingerprint density at radius 3 is 2.72 bits per heavy atom. The number of rotatable bonds is 4. The summed E-state index contributed by atoms with van der Waals surface area (Å²) in [7, 11) is 1.31. The Hall–Kier alpha value is -4.33. The summed E-state index contributed by atoms with van der Waals surface area (Å²) >= 11 is 0. The van der Waals surface area contributed by atoms with Crippen molar-refractivity contribution in [1.29, 1.82) is 0 Å². The Kier molecular flexibility index (Phi) is 7.04. The fourth-order valence-electron chi connectivity index (χ4n) is 5.10. The van der Waals surface area contributed by atoms with Gasteiger partial charge in [0.15, 0.2) is 5.69 Å². The van der Waals surface area contributed by atoms with Crippen LogP contribution in [0.15, 0.2) is 29.3 Å². The largest absolute Gasteiger partial charge is 0.501 e. The molecule has 2 aliphatic rings. The van der Waals surface area contributed by atoms with Crippen molar-refractivity contribution < 1.29 is 28.6 Å². The molecule has 13 nitrogen and oxygen atoms in total. The van der Waals surface area contributed by atoms with Crippen LogP contribution in [0.4, 0.5) is 9.18 Å². The van der Waals surface area contributed by atoms with E-state index in [9.17, 15) is 23.9 Å². The van der Waals surface area contributed by atoms with Gasteiger partial charge in [-0.25, -0.2) is 23.8 Å². The van der Waals surface area contributed by atoms with Gasteiger partial charge in [0.2, 0.25) is 5.75 Å². The molecule has 1 fully saturated rings. The first-order valence-electron chi connectivity index (χ1n) is 12.4. The van der Waals surface area contributed by atoms with Gasteiger partial charge in [0.25, 0.3) is 11.5 Å². The highest BCUT2D eigenvalue weighted by Crippen LogP contribution is 2.36. The number of likely N-dealkylation sites (tertiary alicyclic amines) is 1. The van der Waals surface area contributed by atoms with Gasteiger partial charge < -0.3 is 24.8 Å². The molecule has 1 spiro atoms. The van der Waals surface area contributed by atoms with Gasteiger partial charge in [-0.15, -0.1) is 0 Å². The van der Waals surface area contributed by atoms with Gasteiger partial charge in [-0.3, -0.25) is 14.2 Å². The van der Waals surface area contributed by atoms with Gasteiger partial charge in [0, 0.05) is 19.6 Å². The molecule has 1 aromatic carbocycles. The van der Waals surface area contributed by atoms with E-state index in [1.807, 2.05) is 0 Å². The number of methoxy groups -OCH3 is 1. The predicted octanol–water partition coefficient (Wildman–Crippen LogP) is 1.04. The maximum absolute atomic E-state index is 14.0. The molecule has 39 heavy (non-hydrogen) atoms. The number of nitrogens with one attached hydrogen (secondary N) is 1. The van der Waals surface area contributed by atoms with E-state index >= 15 is 0 Å². The Labute approximate surface area is 222 Å². The molecular weight excluding hydrogens is 513 g/mol. The van der Waals surface area contributed by atoms with Crippen LogP contribution in [-0.4, -0.2) is 79.7 Å². The van der Waals surface area contributed by atoms with E-state index in [1.54, 1.807) is 11.8 Å². The highest BCUT2D eigenvalue weighted by atomic mass is 19.1. The standard InChI is InChI=1S/C25H28FN7O6/c1-15-28-14-29-33(15)18-11-17(26)4-3-16(18)12-27-21(35)19-20(34)22(36)32-9-10-39-13-25(23(32)30-19)5-7-31(8-6-25)24(37)38-2/h3-4,11,14,34H,5-10,12-13H2,1-2H3,(H,27,35). The predicted molar refractivity (Wildman–Crippen MR) is 133 cm³/mol. The maximum atomic E-state index is 14.0. The number of carbonyl (C=O) groups is 2. The lowest BCUT2D eigenvalue weighted by Crippen LogP contribution is -2.49. The lowest BCUT2D eigenvalue weighted by atomic mass is 9.78. The van der Waals surface area contributed by atoms with Gasteiger partial charge in [-0.05, 0) is 37.5 Å². The van der Waals surface area contributed by atoms with Crippen LogP contribution in [0.3, 0.4) is 0 Å². The zero-order valence-corrected chi connectivity index (χ0v) is 21.5. The summed E-state index contributed by atoms with van der Waals surface area (Å²) in [5, 5.41) is 17.5. The molecular formula is C25H28FN7O6. The van der Waals surface area contributed by atoms with Crippen LogP contribution in [0.2, 0.25) is 0 Å². The summed E-state index contributed by atoms with van der Waals surface area (Å²) in [4.78, 5) is 48.6. The van der Waals surface area contributed by atoms with Crippen molar-refractivity contribution in [3.8, 4) is 11.4 Å². The van der Waals surface area contributed by atoms with Gasteiger partial charge >= 0.3 is 6.09 Å². The van der Waals surface area contributed by atoms with Crippen LogP contribution in [0, 0.1) is 12.7 Å². The number of aryl methyl sites for hydroxylation is 1. The van der Waals surface area contributed by atoms with Crippen molar-refractivity contribution >= 4 is 12.0 Å². The van der Waals surface area contributed by atoms with Crippen molar-refractivity contribution in [1.82, 2.24) is 34.5 Å². The SMILES string of the molecule is COC(=O)N1CCC2(CC1)COCCn1c2nc(C(=O)NCc2ccc(F)cc2-n2ncnc2C)c(O)c1=O. The zero-order valence-electron chi connectivity index (χ0n) is 21.5. The summed E-state index contributed by atoms with van der Waals surface area (Å²) in [5.74, 6) is -1.17. The molecule has 0 unspecified atom stereocenters. The molecule has 3 aromatic rings. The summed E-state index contributed by atoms with van der Waals surface area (Å²) in [6.07, 6.45) is 1.74. The first-order chi connectivity index (χ1) is 18.7. The van der Waals surface area contributed by atoms with Crippen LogP contribution in [-0.2, 0) is 28.0 Å². The van der Waals surface area contributed by atoms with E-state index in [4.69, 9.17) is 9.47 Å². The second-order valence-corrected chi connectivity index (χ2v) is 9.55. The molecule has 0 bridgehead atoms. The number of fused-ring (bicyclic) bond motifs is 2. The molecule has 4 heterocycles. The molecule has 206 valence electrons. The van der Waals surface area contributed by atoms with Crippen LogP contribution in [0.1, 0.15) is 40.5 Å². The second kappa shape index (κ2) is 10.4. The first-order valence-corrected chi connectivity index (χ1v) is 12.4. The molecule has 1 saturated heterocycles. The number of nitrogens with zero attached hydrogens (tertiary/aromatic N) is 6. The molecule has 2 aliphatic heterocycles. The molecule has 2 amide bonds. The summed E-state index contributed by atoms with van der Waals surface area (Å²) < 4.78 is 27.4. The van der Waals surface area contributed by atoms with Crippen LogP contribution in [0.25, 0.3) is 5.69 Å². The van der Waals surface area contributed by atoms with Crippen LogP contribution >= 0.6 is 0 Å². The van der Waals surface area contributed by atoms with Crippen LogP contribution in [0.5, 0.6) is 5.75 Å². The summed E-state index contributed by atoms with van der Waals surface area (Å²) in [6.45, 7) is 2.99. The van der Waals surface area contributed by atoms with E-state index in [-0.39, 0.29) is 26.3 Å². The highest BCUT2D eigenvalue weighted by Gasteiger charge is 2.43. The number of halogens is 1. The normalized spacial score (nSPS) is 16.4. The van der Waals surface area contributed by atoms with Gasteiger partial charge in [-0.1, -0.05) is 6.07 Å². The highest BCUT2D eigenvalue weighted by molar-refractivity contribution is 5.94. The van der Waals surface area contributed by atoms with Crippen molar-refractivity contribution in [2.24, 2.45) is 0 Å². The van der Waals surface area contributed by atoms with E-state index in [0.29, 0.717) is 48.8 Å². The number of amides is 2. The van der Waals surface area contributed by atoms with Gasteiger partial charge in [0.05, 0.1) is 38.0 Å². The number of piperidine rings is 1. The number of aromatic hydroxyl groups is 1. The zero-order chi connectivity index (χ0) is 27.7. The number of hydrogen-bond acceptors (Lipinski definition) is 9. The molecule has 5 rings (SSSR count). The average Bonchev–Trinajstić information content (AvgIpc) is 3.29. The molecule has 0 radical (unpaired) electrons. The third-order valence-electron chi connectivity index (χ3n) is 7.26. The third-order valence-corrected chi connectivity index (χ3v) is 7.26. The summed E-state index contributed by atoms with van der Waals surface area (Å²) in [6, 6.07) is 4.04. The van der Waals surface area contributed by atoms with E-state index in [2.05, 4.69) is 20.4 Å². The number of aromatic nitrogens is 5. The Bertz CT molecular complexity index is 1480. The molecule has 0 atom stereocenters. The number of benzene rings is 1. The minimum absolute atomic E-state index is 0.0599. The topological polar surface area (TPSA) is 154 Å². The fraction of sp³-hybridized carbons (Fsp3) is 0.440. The number of hydrogen-bond donors (Lipinski definition) is 2. The first kappa shape index (κ1) is 26.3. The molecule has 0 aliphatic carbocycles. The van der Waals surface area contributed by atoms with E-state index in [1.165, 1.54) is 40.9 Å². The second-order valence-electron chi connectivity index (χ2n) is 9.55.